The van der Waals surface area contributed by atoms with E-state index in [0.717, 1.165) is 12.8 Å². The average molecular weight is 240 g/mol. The van der Waals surface area contributed by atoms with Crippen molar-refractivity contribution in [3.8, 4) is 0 Å². The first-order valence-electron chi connectivity index (χ1n) is 6.10. The predicted octanol–water partition coefficient (Wildman–Crippen LogP) is 2.05. The normalized spacial score (nSPS) is 21.8. The summed E-state index contributed by atoms with van der Waals surface area (Å²) in [5.74, 6) is 0. The summed E-state index contributed by atoms with van der Waals surface area (Å²) in [6, 6.07) is 0.576. The standard InChI is InChI=1S/C12H20N2OS/c1-3-11-14-10-6-4-5-9(12(10)16-11)13-8(2)7-15/h8-9,13,15H,3-7H2,1-2H3/t8-,9?/m0/s1. The molecule has 16 heavy (non-hydrogen) atoms. The first-order chi connectivity index (χ1) is 7.74. The molecule has 1 aromatic rings. The van der Waals surface area contributed by atoms with E-state index in [-0.39, 0.29) is 12.6 Å². The second kappa shape index (κ2) is 5.25. The molecule has 1 heterocycles. The summed E-state index contributed by atoms with van der Waals surface area (Å²) in [6.07, 6.45) is 4.52. The zero-order valence-electron chi connectivity index (χ0n) is 9.99. The van der Waals surface area contributed by atoms with Crippen molar-refractivity contribution in [3.05, 3.63) is 15.6 Å². The van der Waals surface area contributed by atoms with Crippen LogP contribution in [-0.2, 0) is 12.8 Å². The second-order valence-corrected chi connectivity index (χ2v) is 5.58. The molecule has 2 rings (SSSR count). The molecule has 0 amide bonds. The number of aliphatic hydroxyl groups is 1. The fraction of sp³-hybridized carbons (Fsp3) is 0.750. The van der Waals surface area contributed by atoms with Crippen LogP contribution in [0, 0.1) is 0 Å². The van der Waals surface area contributed by atoms with Crippen molar-refractivity contribution in [1.29, 1.82) is 0 Å². The molecular weight excluding hydrogens is 220 g/mol. The number of nitrogens with one attached hydrogen (secondary N) is 1. The van der Waals surface area contributed by atoms with Crippen LogP contribution in [0.5, 0.6) is 0 Å². The van der Waals surface area contributed by atoms with Gasteiger partial charge in [-0.2, -0.15) is 0 Å². The van der Waals surface area contributed by atoms with E-state index in [1.165, 1.54) is 28.4 Å². The molecule has 0 saturated heterocycles. The minimum absolute atomic E-state index is 0.170. The fourth-order valence-corrected chi connectivity index (χ4v) is 3.32. The van der Waals surface area contributed by atoms with E-state index in [4.69, 9.17) is 5.11 Å². The molecule has 0 spiro atoms. The minimum atomic E-state index is 0.170. The van der Waals surface area contributed by atoms with Crippen molar-refractivity contribution in [3.63, 3.8) is 0 Å². The Hall–Kier alpha value is -0.450. The largest absolute Gasteiger partial charge is 0.395 e. The zero-order chi connectivity index (χ0) is 11.5. The molecule has 4 heteroatoms. The van der Waals surface area contributed by atoms with E-state index in [9.17, 15) is 0 Å². The van der Waals surface area contributed by atoms with E-state index < -0.39 is 0 Å². The first-order valence-corrected chi connectivity index (χ1v) is 6.91. The quantitative estimate of drug-likeness (QED) is 0.846. The van der Waals surface area contributed by atoms with Gasteiger partial charge in [0.15, 0.2) is 0 Å². The Balaban J connectivity index is 2.15. The molecule has 0 aliphatic heterocycles. The zero-order valence-corrected chi connectivity index (χ0v) is 10.8. The highest BCUT2D eigenvalue weighted by Crippen LogP contribution is 2.34. The maximum atomic E-state index is 9.09. The lowest BCUT2D eigenvalue weighted by atomic mass is 9.97. The van der Waals surface area contributed by atoms with Crippen molar-refractivity contribution < 1.29 is 5.11 Å². The highest BCUT2D eigenvalue weighted by molar-refractivity contribution is 7.11. The number of fused-ring (bicyclic) bond motifs is 1. The summed E-state index contributed by atoms with van der Waals surface area (Å²) in [5.41, 5.74) is 1.29. The van der Waals surface area contributed by atoms with Crippen LogP contribution in [0.25, 0.3) is 0 Å². The third kappa shape index (κ3) is 2.44. The van der Waals surface area contributed by atoms with Crippen LogP contribution in [0.2, 0.25) is 0 Å². The van der Waals surface area contributed by atoms with Gasteiger partial charge < -0.3 is 10.4 Å². The molecule has 1 aliphatic rings. The Labute approximate surface area is 101 Å². The lowest BCUT2D eigenvalue weighted by Gasteiger charge is -2.25. The topological polar surface area (TPSA) is 45.2 Å². The third-order valence-electron chi connectivity index (χ3n) is 3.06. The Morgan fingerprint density at radius 1 is 1.62 bits per heavy atom. The smallest absolute Gasteiger partial charge is 0.0928 e. The number of hydrogen-bond donors (Lipinski definition) is 2. The molecule has 1 unspecified atom stereocenters. The Morgan fingerprint density at radius 2 is 2.44 bits per heavy atom. The summed E-state index contributed by atoms with van der Waals surface area (Å²) in [4.78, 5) is 6.07. The van der Waals surface area contributed by atoms with Crippen molar-refractivity contribution in [2.75, 3.05) is 6.61 Å². The molecule has 0 radical (unpaired) electrons. The van der Waals surface area contributed by atoms with Gasteiger partial charge in [-0.3, -0.25) is 0 Å². The Bertz CT molecular complexity index is 351. The van der Waals surface area contributed by atoms with Gasteiger partial charge in [0.05, 0.1) is 17.3 Å². The fourth-order valence-electron chi connectivity index (χ4n) is 2.18. The maximum absolute atomic E-state index is 9.09. The van der Waals surface area contributed by atoms with Gasteiger partial charge in [-0.1, -0.05) is 6.92 Å². The van der Waals surface area contributed by atoms with Gasteiger partial charge in [-0.25, -0.2) is 4.98 Å². The molecule has 1 aliphatic carbocycles. The molecule has 0 aromatic carbocycles. The van der Waals surface area contributed by atoms with E-state index >= 15 is 0 Å². The van der Waals surface area contributed by atoms with Gasteiger partial charge in [-0.15, -0.1) is 11.3 Å². The van der Waals surface area contributed by atoms with Crippen molar-refractivity contribution >= 4 is 11.3 Å². The third-order valence-corrected chi connectivity index (χ3v) is 4.41. The SMILES string of the molecule is CCc1nc2c(s1)C(N[C@@H](C)CO)CCC2. The van der Waals surface area contributed by atoms with Crippen LogP contribution in [0.4, 0.5) is 0 Å². The average Bonchev–Trinajstić information content (AvgIpc) is 2.73. The lowest BCUT2D eigenvalue weighted by Crippen LogP contribution is -2.34. The monoisotopic (exact) mass is 240 g/mol. The van der Waals surface area contributed by atoms with Crippen LogP contribution < -0.4 is 5.32 Å². The number of thiazole rings is 1. The predicted molar refractivity (Wildman–Crippen MR) is 66.9 cm³/mol. The molecule has 0 saturated carbocycles. The van der Waals surface area contributed by atoms with Crippen LogP contribution in [0.3, 0.4) is 0 Å². The molecule has 2 N–H and O–H groups in total. The van der Waals surface area contributed by atoms with Crippen LogP contribution in [0.1, 0.15) is 48.3 Å². The van der Waals surface area contributed by atoms with Gasteiger partial charge in [-0.05, 0) is 32.6 Å². The Morgan fingerprint density at radius 3 is 3.12 bits per heavy atom. The van der Waals surface area contributed by atoms with Gasteiger partial charge >= 0.3 is 0 Å². The molecule has 90 valence electrons. The van der Waals surface area contributed by atoms with Crippen molar-refractivity contribution in [2.24, 2.45) is 0 Å². The first kappa shape index (κ1) is 12.0. The summed E-state index contributed by atoms with van der Waals surface area (Å²) >= 11 is 1.84. The van der Waals surface area contributed by atoms with Gasteiger partial charge in [0.25, 0.3) is 0 Å². The summed E-state index contributed by atoms with van der Waals surface area (Å²) in [5, 5.41) is 13.8. The number of aryl methyl sites for hydroxylation is 2. The van der Waals surface area contributed by atoms with E-state index in [1.54, 1.807) is 0 Å². The van der Waals surface area contributed by atoms with Crippen LogP contribution >= 0.6 is 11.3 Å². The van der Waals surface area contributed by atoms with E-state index in [1.807, 2.05) is 18.3 Å². The van der Waals surface area contributed by atoms with Gasteiger partial charge in [0.1, 0.15) is 0 Å². The van der Waals surface area contributed by atoms with Crippen molar-refractivity contribution in [1.82, 2.24) is 10.3 Å². The highest BCUT2D eigenvalue weighted by Gasteiger charge is 2.24. The number of hydrogen-bond acceptors (Lipinski definition) is 4. The second-order valence-electron chi connectivity index (χ2n) is 4.47. The molecule has 3 nitrogen and oxygen atoms in total. The molecule has 1 aromatic heterocycles. The maximum Gasteiger partial charge on any atom is 0.0928 e. The van der Waals surface area contributed by atoms with E-state index in [2.05, 4.69) is 17.2 Å². The van der Waals surface area contributed by atoms with Gasteiger partial charge in [0, 0.05) is 17.0 Å². The molecular formula is C12H20N2OS. The number of aliphatic hydroxyl groups excluding tert-OH is 1. The lowest BCUT2D eigenvalue weighted by molar-refractivity contribution is 0.237. The number of rotatable bonds is 4. The highest BCUT2D eigenvalue weighted by atomic mass is 32.1. The minimum Gasteiger partial charge on any atom is -0.395 e. The molecule has 0 bridgehead atoms. The summed E-state index contributed by atoms with van der Waals surface area (Å²) in [7, 11) is 0. The van der Waals surface area contributed by atoms with Crippen LogP contribution in [0.15, 0.2) is 0 Å². The summed E-state index contributed by atoms with van der Waals surface area (Å²) < 4.78 is 0. The molecule has 0 fully saturated rings. The summed E-state index contributed by atoms with van der Waals surface area (Å²) in [6.45, 7) is 4.38. The van der Waals surface area contributed by atoms with E-state index in [0.29, 0.717) is 6.04 Å². The number of aromatic nitrogens is 1. The van der Waals surface area contributed by atoms with Gasteiger partial charge in [0.2, 0.25) is 0 Å². The molecule has 2 atom stereocenters. The van der Waals surface area contributed by atoms with Crippen LogP contribution in [-0.4, -0.2) is 22.7 Å². The van der Waals surface area contributed by atoms with Crippen molar-refractivity contribution in [2.45, 2.75) is 51.6 Å². The Kier molecular flexibility index (Phi) is 3.95. The number of nitrogens with zero attached hydrogens (tertiary/aromatic N) is 1.